The summed E-state index contributed by atoms with van der Waals surface area (Å²) in [6.45, 7) is 3.91. The van der Waals surface area contributed by atoms with Gasteiger partial charge in [0.1, 0.15) is 6.61 Å². The van der Waals surface area contributed by atoms with Crippen LogP contribution < -0.4 is 19.5 Å². The molecule has 1 heterocycles. The molecule has 0 bridgehead atoms. The molecule has 2 aromatic rings. The lowest BCUT2D eigenvalue weighted by atomic mass is 9.93. The van der Waals surface area contributed by atoms with Gasteiger partial charge in [-0.1, -0.05) is 13.0 Å². The first-order valence-corrected chi connectivity index (χ1v) is 13.3. The summed E-state index contributed by atoms with van der Waals surface area (Å²) in [6.07, 6.45) is 3.12. The molecule has 0 saturated carbocycles. The Bertz CT molecular complexity index is 1000. The summed E-state index contributed by atoms with van der Waals surface area (Å²) in [6, 6.07) is 8.93. The maximum absolute atomic E-state index is 10.7. The molecule has 1 fully saturated rings. The first-order valence-electron chi connectivity index (χ1n) is 13.3. The average Bonchev–Trinajstić information content (AvgIpc) is 2.91. The zero-order chi connectivity index (χ0) is 27.5. The molecule has 2 aromatic carbocycles. The minimum Gasteiger partial charge on any atom is -0.504 e. The van der Waals surface area contributed by atoms with Crippen molar-refractivity contribution in [1.29, 1.82) is 0 Å². The van der Waals surface area contributed by atoms with E-state index in [1.54, 1.807) is 25.3 Å². The van der Waals surface area contributed by atoms with Crippen molar-refractivity contribution in [2.24, 2.45) is 0 Å². The van der Waals surface area contributed by atoms with Gasteiger partial charge in [-0.05, 0) is 74.0 Å². The van der Waals surface area contributed by atoms with Crippen LogP contribution in [0.25, 0.3) is 0 Å². The van der Waals surface area contributed by atoms with Crippen LogP contribution in [-0.4, -0.2) is 74.7 Å². The van der Waals surface area contributed by atoms with Crippen molar-refractivity contribution in [3.63, 3.8) is 0 Å². The molecule has 0 aliphatic carbocycles. The van der Waals surface area contributed by atoms with E-state index in [9.17, 15) is 15.3 Å². The Kier molecular flexibility index (Phi) is 11.8. The van der Waals surface area contributed by atoms with E-state index in [0.29, 0.717) is 56.1 Å². The number of hydrogen-bond acceptors (Lipinski definition) is 9. The molecule has 1 aliphatic heterocycles. The van der Waals surface area contributed by atoms with Gasteiger partial charge in [0.05, 0.1) is 32.5 Å². The molecule has 0 aromatic heterocycles. The van der Waals surface area contributed by atoms with E-state index in [2.05, 4.69) is 5.32 Å². The minimum atomic E-state index is -0.517. The van der Waals surface area contributed by atoms with E-state index in [1.807, 2.05) is 19.1 Å². The lowest BCUT2D eigenvalue weighted by Gasteiger charge is -2.34. The molecule has 3 rings (SSSR count). The average molecular weight is 534 g/mol. The number of hydrogen-bond donors (Lipinski definition) is 4. The number of aromatic hydroxyl groups is 2. The molecule has 0 unspecified atom stereocenters. The number of aryl methyl sites for hydroxylation is 1. The molecule has 9 nitrogen and oxygen atoms in total. The van der Waals surface area contributed by atoms with E-state index in [0.717, 1.165) is 30.5 Å². The molecule has 212 valence electrons. The van der Waals surface area contributed by atoms with Crippen LogP contribution in [0.3, 0.4) is 0 Å². The van der Waals surface area contributed by atoms with Gasteiger partial charge in [0.2, 0.25) is 5.75 Å². The fourth-order valence-electron chi connectivity index (χ4n) is 4.85. The summed E-state index contributed by atoms with van der Waals surface area (Å²) >= 11 is 0. The number of ether oxygens (including phenoxy) is 5. The smallest absolute Gasteiger partial charge is 0.200 e. The third-order valence-corrected chi connectivity index (χ3v) is 6.86. The molecular formula is C29H43NO8. The van der Waals surface area contributed by atoms with Crippen LogP contribution in [0.1, 0.15) is 56.3 Å². The maximum atomic E-state index is 10.7. The monoisotopic (exact) mass is 533 g/mol. The third kappa shape index (κ3) is 8.39. The van der Waals surface area contributed by atoms with Gasteiger partial charge in [-0.25, -0.2) is 0 Å². The van der Waals surface area contributed by atoms with E-state index in [-0.39, 0.29) is 29.7 Å². The van der Waals surface area contributed by atoms with Crippen molar-refractivity contribution in [3.05, 3.63) is 41.5 Å². The normalized spacial score (nSPS) is 20.2. The topological polar surface area (TPSA) is 119 Å². The number of likely N-dealkylation sites (N-methyl/N-ethyl adjacent to an activating group) is 1. The molecule has 0 spiro atoms. The summed E-state index contributed by atoms with van der Waals surface area (Å²) in [5.41, 5.74) is 1.80. The predicted octanol–water partition coefficient (Wildman–Crippen LogP) is 4.11. The Morgan fingerprint density at radius 1 is 1.03 bits per heavy atom. The SMILES string of the molecule is CCN[C@H](CCCOC)COc1cc([C@@H]2C[C@@H](O)C[C@H](CCc3ccc(O)c(OC)c3)O2)cc(OC)c1O. The maximum Gasteiger partial charge on any atom is 0.200 e. The second kappa shape index (κ2) is 15.0. The molecule has 0 radical (unpaired) electrons. The Morgan fingerprint density at radius 3 is 2.50 bits per heavy atom. The quantitative estimate of drug-likeness (QED) is 0.251. The van der Waals surface area contributed by atoms with Gasteiger partial charge in [-0.15, -0.1) is 0 Å². The van der Waals surface area contributed by atoms with E-state index in [4.69, 9.17) is 23.7 Å². The van der Waals surface area contributed by atoms with Crippen LogP contribution in [0.2, 0.25) is 0 Å². The summed E-state index contributed by atoms with van der Waals surface area (Å²) < 4.78 is 28.3. The number of nitrogens with one attached hydrogen (secondary N) is 1. The molecule has 0 amide bonds. The molecule has 38 heavy (non-hydrogen) atoms. The molecule has 9 heteroatoms. The van der Waals surface area contributed by atoms with E-state index in [1.165, 1.54) is 14.2 Å². The predicted molar refractivity (Wildman–Crippen MR) is 145 cm³/mol. The fourth-order valence-corrected chi connectivity index (χ4v) is 4.85. The zero-order valence-corrected chi connectivity index (χ0v) is 22.9. The Hall–Kier alpha value is -2.72. The van der Waals surface area contributed by atoms with Gasteiger partial charge < -0.3 is 44.3 Å². The van der Waals surface area contributed by atoms with Crippen molar-refractivity contribution in [2.45, 2.75) is 69.8 Å². The molecule has 1 saturated heterocycles. The van der Waals surface area contributed by atoms with Gasteiger partial charge in [0.25, 0.3) is 0 Å². The fraction of sp³-hybridized carbons (Fsp3) is 0.586. The Balaban J connectivity index is 1.70. The molecule has 4 atom stereocenters. The molecular weight excluding hydrogens is 490 g/mol. The van der Waals surface area contributed by atoms with E-state index >= 15 is 0 Å². The van der Waals surface area contributed by atoms with Gasteiger partial charge in [-0.2, -0.15) is 0 Å². The lowest BCUT2D eigenvalue weighted by Crippen LogP contribution is -2.34. The van der Waals surface area contributed by atoms with E-state index < -0.39 is 6.10 Å². The van der Waals surface area contributed by atoms with Crippen molar-refractivity contribution in [1.82, 2.24) is 5.32 Å². The largest absolute Gasteiger partial charge is 0.504 e. The number of phenols is 2. The lowest BCUT2D eigenvalue weighted by molar-refractivity contribution is -0.0999. The summed E-state index contributed by atoms with van der Waals surface area (Å²) in [4.78, 5) is 0. The number of rotatable bonds is 15. The Labute approximate surface area is 225 Å². The molecule has 4 N–H and O–H groups in total. The summed E-state index contributed by atoms with van der Waals surface area (Å²) in [7, 11) is 4.71. The second-order valence-electron chi connectivity index (χ2n) is 9.69. The van der Waals surface area contributed by atoms with Crippen molar-refractivity contribution in [2.75, 3.05) is 41.1 Å². The zero-order valence-electron chi connectivity index (χ0n) is 22.9. The van der Waals surface area contributed by atoms with Gasteiger partial charge >= 0.3 is 0 Å². The highest BCUT2D eigenvalue weighted by Gasteiger charge is 2.31. The van der Waals surface area contributed by atoms with Crippen LogP contribution in [0.4, 0.5) is 0 Å². The number of aliphatic hydroxyl groups is 1. The number of phenolic OH excluding ortho intramolecular Hbond substituents is 2. The van der Waals surface area contributed by atoms with Crippen LogP contribution in [0, 0.1) is 0 Å². The Morgan fingerprint density at radius 2 is 1.79 bits per heavy atom. The highest BCUT2D eigenvalue weighted by molar-refractivity contribution is 5.53. The van der Waals surface area contributed by atoms with Crippen molar-refractivity contribution in [3.8, 4) is 28.7 Å². The van der Waals surface area contributed by atoms with Crippen LogP contribution in [0.5, 0.6) is 28.7 Å². The number of aliphatic hydroxyl groups excluding tert-OH is 1. The van der Waals surface area contributed by atoms with Gasteiger partial charge in [0, 0.05) is 26.2 Å². The van der Waals surface area contributed by atoms with Crippen LogP contribution >= 0.6 is 0 Å². The second-order valence-corrected chi connectivity index (χ2v) is 9.69. The van der Waals surface area contributed by atoms with Crippen LogP contribution in [-0.2, 0) is 15.9 Å². The molecule has 1 aliphatic rings. The highest BCUT2D eigenvalue weighted by Crippen LogP contribution is 2.42. The first-order chi connectivity index (χ1) is 18.4. The number of methoxy groups -OCH3 is 3. The van der Waals surface area contributed by atoms with Gasteiger partial charge in [0.15, 0.2) is 23.0 Å². The van der Waals surface area contributed by atoms with Crippen molar-refractivity contribution >= 4 is 0 Å². The summed E-state index contributed by atoms with van der Waals surface area (Å²) in [5, 5.41) is 34.6. The highest BCUT2D eigenvalue weighted by atomic mass is 16.5. The standard InChI is InChI=1S/C29H43NO8/c1-5-30-21(7-6-12-34-2)18-37-28-15-20(14-27(36-4)29(28)33)25-17-22(31)16-23(38-25)10-8-19-9-11-24(32)26(13-19)35-3/h9,11,13-15,21-23,25,30-33H,5-8,10,12,16-18H2,1-4H3/t21-,22+,23+,25+/m1/s1. The number of benzene rings is 2. The van der Waals surface area contributed by atoms with Gasteiger partial charge in [-0.3, -0.25) is 0 Å². The van der Waals surface area contributed by atoms with Crippen molar-refractivity contribution < 1.29 is 39.0 Å². The van der Waals surface area contributed by atoms with Crippen LogP contribution in [0.15, 0.2) is 30.3 Å². The third-order valence-electron chi connectivity index (χ3n) is 6.86. The first kappa shape index (κ1) is 29.8. The minimum absolute atomic E-state index is 0.0578. The summed E-state index contributed by atoms with van der Waals surface area (Å²) in [5.74, 6) is 1.10.